The summed E-state index contributed by atoms with van der Waals surface area (Å²) in [6, 6.07) is 1.85. The largest absolute Gasteiger partial charge is 0.342 e. The van der Waals surface area contributed by atoms with Gasteiger partial charge in [0.25, 0.3) is 5.91 Å². The third-order valence-corrected chi connectivity index (χ3v) is 4.46. The summed E-state index contributed by atoms with van der Waals surface area (Å²) in [6.45, 7) is 6.27. The van der Waals surface area contributed by atoms with E-state index in [2.05, 4.69) is 29.2 Å². The van der Waals surface area contributed by atoms with Gasteiger partial charge in [0.05, 0.1) is 11.6 Å². The molecular weight excluding hydrogens is 272 g/mol. The molecule has 0 aliphatic carbocycles. The van der Waals surface area contributed by atoms with Crippen molar-refractivity contribution in [2.24, 2.45) is 7.05 Å². The zero-order chi connectivity index (χ0) is 14.7. The van der Waals surface area contributed by atoms with Crippen molar-refractivity contribution in [3.63, 3.8) is 0 Å². The van der Waals surface area contributed by atoms with E-state index >= 15 is 0 Å². The molecule has 5 nitrogen and oxygen atoms in total. The van der Waals surface area contributed by atoms with Gasteiger partial charge in [0.1, 0.15) is 12.2 Å². The Balaban J connectivity index is 2.11. The Hall–Kier alpha value is -1.69. The first-order chi connectivity index (χ1) is 9.52. The Morgan fingerprint density at radius 2 is 2.25 bits per heavy atom. The lowest BCUT2D eigenvalue weighted by atomic mass is 10.1. The van der Waals surface area contributed by atoms with Crippen LogP contribution >= 0.6 is 11.3 Å². The maximum Gasteiger partial charge on any atom is 0.252 e. The minimum absolute atomic E-state index is 0.0528. The van der Waals surface area contributed by atoms with Gasteiger partial charge in [-0.2, -0.15) is 5.10 Å². The van der Waals surface area contributed by atoms with Gasteiger partial charge in [-0.05, 0) is 18.4 Å². The Morgan fingerprint density at radius 3 is 2.75 bits per heavy atom. The highest BCUT2D eigenvalue weighted by atomic mass is 32.1. The highest BCUT2D eigenvalue weighted by Gasteiger charge is 2.19. The second-order valence-corrected chi connectivity index (χ2v) is 6.01. The van der Waals surface area contributed by atoms with Crippen molar-refractivity contribution in [2.45, 2.75) is 39.2 Å². The molecule has 0 saturated carbocycles. The monoisotopic (exact) mass is 292 g/mol. The Bertz CT molecular complexity index is 588. The van der Waals surface area contributed by atoms with Crippen LogP contribution in [0.4, 0.5) is 0 Å². The SMILES string of the molecule is CC[C@H](NC(=O)c1csc(C(C)C)c1)c1ncnn1C. The van der Waals surface area contributed by atoms with Crippen molar-refractivity contribution in [1.82, 2.24) is 20.1 Å². The minimum atomic E-state index is -0.114. The molecule has 2 aromatic heterocycles. The number of carbonyl (C=O) groups excluding carboxylic acids is 1. The first kappa shape index (κ1) is 14.7. The van der Waals surface area contributed by atoms with Crippen molar-refractivity contribution in [2.75, 3.05) is 0 Å². The topological polar surface area (TPSA) is 59.8 Å². The van der Waals surface area contributed by atoms with E-state index in [1.54, 1.807) is 16.0 Å². The summed E-state index contributed by atoms with van der Waals surface area (Å²) in [5.74, 6) is 1.17. The summed E-state index contributed by atoms with van der Waals surface area (Å²) in [5, 5.41) is 8.98. The smallest absolute Gasteiger partial charge is 0.252 e. The van der Waals surface area contributed by atoms with Gasteiger partial charge in [-0.15, -0.1) is 11.3 Å². The number of nitrogens with zero attached hydrogens (tertiary/aromatic N) is 3. The number of amides is 1. The van der Waals surface area contributed by atoms with Crippen LogP contribution in [0, 0.1) is 0 Å². The van der Waals surface area contributed by atoms with Gasteiger partial charge in [0.15, 0.2) is 0 Å². The molecule has 0 aliphatic rings. The van der Waals surface area contributed by atoms with Crippen molar-refractivity contribution in [3.05, 3.63) is 34.0 Å². The third-order valence-electron chi connectivity index (χ3n) is 3.22. The molecule has 6 heteroatoms. The molecule has 2 heterocycles. The fourth-order valence-electron chi connectivity index (χ4n) is 1.99. The maximum absolute atomic E-state index is 12.3. The maximum atomic E-state index is 12.3. The second kappa shape index (κ2) is 6.17. The molecule has 2 aromatic rings. The first-order valence-electron chi connectivity index (χ1n) is 6.76. The van der Waals surface area contributed by atoms with Crippen LogP contribution in [0.3, 0.4) is 0 Å². The first-order valence-corrected chi connectivity index (χ1v) is 7.64. The average Bonchev–Trinajstić information content (AvgIpc) is 3.04. The molecule has 0 aliphatic heterocycles. The Labute approximate surface area is 123 Å². The van der Waals surface area contributed by atoms with Gasteiger partial charge in [0.2, 0.25) is 0 Å². The third kappa shape index (κ3) is 3.07. The molecule has 2 rings (SSSR count). The van der Waals surface area contributed by atoms with Gasteiger partial charge in [-0.1, -0.05) is 20.8 Å². The predicted octanol–water partition coefficient (Wildman–Crippen LogP) is 2.88. The minimum Gasteiger partial charge on any atom is -0.342 e. The van der Waals surface area contributed by atoms with Crippen LogP contribution in [0.1, 0.15) is 60.2 Å². The van der Waals surface area contributed by atoms with Crippen LogP contribution in [0.2, 0.25) is 0 Å². The number of rotatable bonds is 5. The standard InChI is InChI=1S/C14H20N4OS/c1-5-11(13-15-8-16-18(13)4)17-14(19)10-6-12(9(2)3)20-7-10/h6-9,11H,5H2,1-4H3,(H,17,19)/t11-/m0/s1. The number of hydrogen-bond donors (Lipinski definition) is 1. The highest BCUT2D eigenvalue weighted by molar-refractivity contribution is 7.10. The lowest BCUT2D eigenvalue weighted by molar-refractivity contribution is 0.0933. The van der Waals surface area contributed by atoms with Crippen LogP contribution in [0.25, 0.3) is 0 Å². The summed E-state index contributed by atoms with van der Waals surface area (Å²) in [7, 11) is 1.83. The van der Waals surface area contributed by atoms with Gasteiger partial charge < -0.3 is 5.32 Å². The fourth-order valence-corrected chi connectivity index (χ4v) is 2.89. The van der Waals surface area contributed by atoms with Crippen LogP contribution < -0.4 is 5.32 Å². The summed E-state index contributed by atoms with van der Waals surface area (Å²) < 4.78 is 1.70. The number of thiophene rings is 1. The second-order valence-electron chi connectivity index (χ2n) is 5.07. The molecule has 1 N–H and O–H groups in total. The van der Waals surface area contributed by atoms with E-state index in [4.69, 9.17) is 0 Å². The van der Waals surface area contributed by atoms with E-state index in [9.17, 15) is 4.79 Å². The highest BCUT2D eigenvalue weighted by Crippen LogP contribution is 2.23. The molecule has 20 heavy (non-hydrogen) atoms. The average molecular weight is 292 g/mol. The number of carbonyl (C=O) groups is 1. The molecular formula is C14H20N4OS. The lowest BCUT2D eigenvalue weighted by Gasteiger charge is -2.15. The van der Waals surface area contributed by atoms with E-state index < -0.39 is 0 Å². The van der Waals surface area contributed by atoms with Gasteiger partial charge in [-0.3, -0.25) is 9.48 Å². The van der Waals surface area contributed by atoms with Crippen molar-refractivity contribution in [1.29, 1.82) is 0 Å². The van der Waals surface area contributed by atoms with Crippen molar-refractivity contribution >= 4 is 17.2 Å². The van der Waals surface area contributed by atoms with E-state index in [1.165, 1.54) is 11.2 Å². The van der Waals surface area contributed by atoms with Crippen LogP contribution in [-0.2, 0) is 7.05 Å². The van der Waals surface area contributed by atoms with E-state index in [0.717, 1.165) is 17.8 Å². The molecule has 0 fully saturated rings. The fraction of sp³-hybridized carbons (Fsp3) is 0.500. The molecule has 0 aromatic carbocycles. The lowest BCUT2D eigenvalue weighted by Crippen LogP contribution is -2.29. The quantitative estimate of drug-likeness (QED) is 0.921. The van der Waals surface area contributed by atoms with Crippen LogP contribution in [0.15, 0.2) is 17.8 Å². The Morgan fingerprint density at radius 1 is 1.50 bits per heavy atom. The molecule has 0 radical (unpaired) electrons. The zero-order valence-electron chi connectivity index (χ0n) is 12.3. The van der Waals surface area contributed by atoms with Crippen LogP contribution in [-0.4, -0.2) is 20.7 Å². The number of nitrogens with one attached hydrogen (secondary N) is 1. The zero-order valence-corrected chi connectivity index (χ0v) is 13.1. The number of aromatic nitrogens is 3. The van der Waals surface area contributed by atoms with Gasteiger partial charge in [-0.25, -0.2) is 4.98 Å². The van der Waals surface area contributed by atoms with Gasteiger partial charge >= 0.3 is 0 Å². The Kier molecular flexibility index (Phi) is 4.54. The normalized spacial score (nSPS) is 12.7. The van der Waals surface area contributed by atoms with E-state index in [-0.39, 0.29) is 11.9 Å². The molecule has 1 atom stereocenters. The van der Waals surface area contributed by atoms with Crippen molar-refractivity contribution < 1.29 is 4.79 Å². The van der Waals surface area contributed by atoms with Crippen LogP contribution in [0.5, 0.6) is 0 Å². The van der Waals surface area contributed by atoms with Crippen molar-refractivity contribution in [3.8, 4) is 0 Å². The summed E-state index contributed by atoms with van der Waals surface area (Å²) in [5.41, 5.74) is 0.722. The molecule has 1 amide bonds. The molecule has 0 spiro atoms. The molecule has 0 unspecified atom stereocenters. The van der Waals surface area contributed by atoms with E-state index in [1.807, 2.05) is 25.4 Å². The number of hydrogen-bond acceptors (Lipinski definition) is 4. The summed E-state index contributed by atoms with van der Waals surface area (Å²) in [6.07, 6.45) is 2.28. The molecule has 108 valence electrons. The molecule has 0 bridgehead atoms. The summed E-state index contributed by atoms with van der Waals surface area (Å²) in [4.78, 5) is 17.7. The predicted molar refractivity (Wildman–Crippen MR) is 79.9 cm³/mol. The van der Waals surface area contributed by atoms with E-state index in [0.29, 0.717) is 5.92 Å². The summed E-state index contributed by atoms with van der Waals surface area (Å²) >= 11 is 1.63. The molecule has 0 saturated heterocycles. The number of aryl methyl sites for hydroxylation is 1. The van der Waals surface area contributed by atoms with Gasteiger partial charge in [0, 0.05) is 17.3 Å².